The van der Waals surface area contributed by atoms with Gasteiger partial charge in [0.15, 0.2) is 24.1 Å². The first kappa shape index (κ1) is 16.8. The van der Waals surface area contributed by atoms with Gasteiger partial charge in [-0.1, -0.05) is 0 Å². The smallest absolute Gasteiger partial charge is 0.262 e. The number of carbonyl (C=O) groups is 1. The Morgan fingerprint density at radius 1 is 1.19 bits per heavy atom. The van der Waals surface area contributed by atoms with Crippen LogP contribution < -0.4 is 10.1 Å². The first-order chi connectivity index (χ1) is 12.5. The Balaban J connectivity index is 1.50. The molecule has 2 aromatic heterocycles. The zero-order valence-electron chi connectivity index (χ0n) is 13.3. The van der Waals surface area contributed by atoms with Crippen molar-refractivity contribution in [1.29, 1.82) is 0 Å². The topological polar surface area (TPSA) is 64.1 Å². The number of aromatic nitrogens is 2. The Bertz CT molecular complexity index is 1020. The Labute approximate surface area is 149 Å². The molecular formula is C17H12F3N3O2S. The van der Waals surface area contributed by atoms with Crippen LogP contribution >= 0.6 is 11.3 Å². The van der Waals surface area contributed by atoms with Gasteiger partial charge in [0.05, 0.1) is 11.1 Å². The van der Waals surface area contributed by atoms with E-state index in [1.54, 1.807) is 11.3 Å². The summed E-state index contributed by atoms with van der Waals surface area (Å²) in [7, 11) is 0. The molecule has 1 aromatic carbocycles. The zero-order chi connectivity index (χ0) is 18.3. The number of nitrogens with one attached hydrogen (secondary N) is 1. The van der Waals surface area contributed by atoms with Crippen molar-refractivity contribution in [3.63, 3.8) is 0 Å². The molecule has 0 unspecified atom stereocenters. The molecule has 4 rings (SSSR count). The highest BCUT2D eigenvalue weighted by Gasteiger charge is 2.22. The lowest BCUT2D eigenvalue weighted by molar-refractivity contribution is -0.118. The van der Waals surface area contributed by atoms with E-state index in [1.807, 2.05) is 0 Å². The van der Waals surface area contributed by atoms with Crippen LogP contribution in [0.25, 0.3) is 10.2 Å². The van der Waals surface area contributed by atoms with E-state index in [0.29, 0.717) is 0 Å². The molecule has 3 aromatic rings. The third-order valence-corrected chi connectivity index (χ3v) is 5.32. The van der Waals surface area contributed by atoms with Crippen molar-refractivity contribution in [1.82, 2.24) is 9.97 Å². The molecule has 0 atom stereocenters. The second-order valence-corrected chi connectivity index (χ2v) is 6.86. The average Bonchev–Trinajstić information content (AvgIpc) is 3.21. The molecule has 1 amide bonds. The summed E-state index contributed by atoms with van der Waals surface area (Å²) in [4.78, 5) is 22.3. The third kappa shape index (κ3) is 2.88. The highest BCUT2D eigenvalue weighted by Crippen LogP contribution is 2.39. The molecule has 0 bridgehead atoms. The van der Waals surface area contributed by atoms with E-state index < -0.39 is 35.7 Å². The van der Waals surface area contributed by atoms with Crippen LogP contribution in [-0.4, -0.2) is 22.5 Å². The molecule has 1 N–H and O–H groups in total. The van der Waals surface area contributed by atoms with Crippen molar-refractivity contribution < 1.29 is 22.7 Å². The summed E-state index contributed by atoms with van der Waals surface area (Å²) >= 11 is 1.58. The highest BCUT2D eigenvalue weighted by atomic mass is 32.1. The normalized spacial score (nSPS) is 13.0. The van der Waals surface area contributed by atoms with Gasteiger partial charge < -0.3 is 10.1 Å². The van der Waals surface area contributed by atoms with Crippen LogP contribution in [0.3, 0.4) is 0 Å². The summed E-state index contributed by atoms with van der Waals surface area (Å²) in [6, 6.07) is 1.68. The molecule has 5 nitrogen and oxygen atoms in total. The number of amides is 1. The lowest BCUT2D eigenvalue weighted by Crippen LogP contribution is -2.21. The van der Waals surface area contributed by atoms with Crippen LogP contribution in [0.1, 0.15) is 16.9 Å². The average molecular weight is 379 g/mol. The van der Waals surface area contributed by atoms with Crippen LogP contribution in [0.4, 0.5) is 18.9 Å². The van der Waals surface area contributed by atoms with Gasteiger partial charge in [-0.05, 0) is 37.0 Å². The first-order valence-corrected chi connectivity index (χ1v) is 8.67. The number of nitrogens with zero attached hydrogens (tertiary/aromatic N) is 2. The van der Waals surface area contributed by atoms with E-state index in [0.717, 1.165) is 47.2 Å². The monoisotopic (exact) mass is 379 g/mol. The van der Waals surface area contributed by atoms with Crippen molar-refractivity contribution in [2.45, 2.75) is 19.3 Å². The second-order valence-electron chi connectivity index (χ2n) is 5.78. The van der Waals surface area contributed by atoms with E-state index in [1.165, 1.54) is 11.2 Å². The molecule has 1 aliphatic rings. The summed E-state index contributed by atoms with van der Waals surface area (Å²) < 4.78 is 45.2. The maximum absolute atomic E-state index is 13.6. The standard InChI is InChI=1S/C17H12F3N3O2S/c18-9-4-5-10(15(20)14(9)19)23-12(24)6-25-16-13-8-2-1-3-11(8)26-17(13)22-7-21-16/h4-5,7H,1-3,6H2,(H,23,24). The molecule has 9 heteroatoms. The molecule has 0 saturated carbocycles. The Kier molecular flexibility index (Phi) is 4.23. The van der Waals surface area contributed by atoms with Crippen molar-refractivity contribution in [3.8, 4) is 5.88 Å². The number of fused-ring (bicyclic) bond motifs is 3. The van der Waals surface area contributed by atoms with Crippen molar-refractivity contribution in [2.75, 3.05) is 11.9 Å². The number of hydrogen-bond acceptors (Lipinski definition) is 5. The molecule has 0 radical (unpaired) electrons. The molecule has 26 heavy (non-hydrogen) atoms. The van der Waals surface area contributed by atoms with Crippen LogP contribution in [0.2, 0.25) is 0 Å². The second kappa shape index (κ2) is 6.56. The predicted molar refractivity (Wildman–Crippen MR) is 89.9 cm³/mol. The number of hydrogen-bond donors (Lipinski definition) is 1. The SMILES string of the molecule is O=C(COc1ncnc2sc3c(c12)CCC3)Nc1ccc(F)c(F)c1F. The van der Waals surface area contributed by atoms with Gasteiger partial charge in [0.1, 0.15) is 11.2 Å². The quantitative estimate of drug-likeness (QED) is 0.704. The first-order valence-electron chi connectivity index (χ1n) is 7.86. The van der Waals surface area contributed by atoms with Gasteiger partial charge in [-0.15, -0.1) is 11.3 Å². The van der Waals surface area contributed by atoms with E-state index in [-0.39, 0.29) is 5.88 Å². The summed E-state index contributed by atoms with van der Waals surface area (Å²) in [5, 5.41) is 2.96. The minimum atomic E-state index is -1.64. The van der Waals surface area contributed by atoms with Crippen molar-refractivity contribution >= 4 is 33.1 Å². The van der Waals surface area contributed by atoms with Gasteiger partial charge in [0.2, 0.25) is 5.88 Å². The summed E-state index contributed by atoms with van der Waals surface area (Å²) in [6.45, 7) is -0.449. The number of halogens is 3. The van der Waals surface area contributed by atoms with E-state index in [4.69, 9.17) is 4.74 Å². The number of ether oxygens (including phenoxy) is 1. The number of carbonyl (C=O) groups excluding carboxylic acids is 1. The van der Waals surface area contributed by atoms with Crippen LogP contribution in [0.5, 0.6) is 5.88 Å². The van der Waals surface area contributed by atoms with Crippen LogP contribution in [0.15, 0.2) is 18.5 Å². The van der Waals surface area contributed by atoms with Crippen LogP contribution in [-0.2, 0) is 17.6 Å². The number of aryl methyl sites for hydroxylation is 2. The molecule has 0 aliphatic heterocycles. The molecule has 0 spiro atoms. The molecule has 2 heterocycles. The molecular weight excluding hydrogens is 367 g/mol. The van der Waals surface area contributed by atoms with Crippen LogP contribution in [0, 0.1) is 17.5 Å². The lowest BCUT2D eigenvalue weighted by atomic mass is 10.2. The van der Waals surface area contributed by atoms with Gasteiger partial charge in [-0.3, -0.25) is 4.79 Å². The van der Waals surface area contributed by atoms with Gasteiger partial charge in [0.25, 0.3) is 5.91 Å². The van der Waals surface area contributed by atoms with Crippen molar-refractivity contribution in [2.24, 2.45) is 0 Å². The minimum absolute atomic E-state index is 0.287. The maximum atomic E-state index is 13.6. The number of rotatable bonds is 4. The lowest BCUT2D eigenvalue weighted by Gasteiger charge is -2.09. The number of thiophene rings is 1. The highest BCUT2D eigenvalue weighted by molar-refractivity contribution is 7.18. The Hall–Kier alpha value is -2.68. The molecule has 134 valence electrons. The van der Waals surface area contributed by atoms with E-state index in [2.05, 4.69) is 15.3 Å². The summed E-state index contributed by atoms with van der Waals surface area (Å²) in [6.07, 6.45) is 4.31. The molecule has 1 aliphatic carbocycles. The maximum Gasteiger partial charge on any atom is 0.262 e. The molecule has 0 fully saturated rings. The van der Waals surface area contributed by atoms with Gasteiger partial charge in [-0.2, -0.15) is 0 Å². The van der Waals surface area contributed by atoms with Gasteiger partial charge in [0, 0.05) is 4.88 Å². The molecule has 0 saturated heterocycles. The van der Waals surface area contributed by atoms with Crippen molar-refractivity contribution in [3.05, 3.63) is 46.4 Å². The van der Waals surface area contributed by atoms with E-state index >= 15 is 0 Å². The van der Waals surface area contributed by atoms with Gasteiger partial charge >= 0.3 is 0 Å². The van der Waals surface area contributed by atoms with Gasteiger partial charge in [-0.25, -0.2) is 23.1 Å². The number of anilines is 1. The number of benzene rings is 1. The van der Waals surface area contributed by atoms with E-state index in [9.17, 15) is 18.0 Å². The summed E-state index contributed by atoms with van der Waals surface area (Å²) in [5.74, 6) is -4.86. The zero-order valence-corrected chi connectivity index (χ0v) is 14.1. The largest absolute Gasteiger partial charge is 0.467 e. The Morgan fingerprint density at radius 3 is 2.88 bits per heavy atom. The fourth-order valence-electron chi connectivity index (χ4n) is 2.95. The minimum Gasteiger partial charge on any atom is -0.467 e. The summed E-state index contributed by atoms with van der Waals surface area (Å²) in [5.41, 5.74) is 0.689. The predicted octanol–water partition coefficient (Wildman–Crippen LogP) is 3.61. The fraction of sp³-hybridized carbons (Fsp3) is 0.235. The fourth-order valence-corrected chi connectivity index (χ4v) is 4.17. The Morgan fingerprint density at radius 2 is 2.04 bits per heavy atom. The third-order valence-electron chi connectivity index (χ3n) is 4.12.